The van der Waals surface area contributed by atoms with Gasteiger partial charge in [0.15, 0.2) is 0 Å². The highest BCUT2D eigenvalue weighted by molar-refractivity contribution is 7.14. The Morgan fingerprint density at radius 1 is 1.05 bits per heavy atom. The number of nitrogens with zero attached hydrogens (tertiary/aromatic N) is 2. The summed E-state index contributed by atoms with van der Waals surface area (Å²) in [4.78, 5) is 8.80. The van der Waals surface area contributed by atoms with E-state index in [4.69, 9.17) is 0 Å². The van der Waals surface area contributed by atoms with Crippen molar-refractivity contribution in [2.45, 2.75) is 6.18 Å². The van der Waals surface area contributed by atoms with E-state index in [0.717, 1.165) is 28.3 Å². The minimum absolute atomic E-state index is 0.545. The first-order chi connectivity index (χ1) is 10.5. The molecule has 1 aromatic carbocycles. The summed E-state index contributed by atoms with van der Waals surface area (Å²) < 4.78 is 38.3. The van der Waals surface area contributed by atoms with Gasteiger partial charge in [-0.05, 0) is 30.5 Å². The molecule has 0 atom stereocenters. The van der Waals surface area contributed by atoms with Crippen molar-refractivity contribution in [1.82, 2.24) is 4.98 Å². The summed E-state index contributed by atoms with van der Waals surface area (Å²) >= 11 is 2.76. The summed E-state index contributed by atoms with van der Waals surface area (Å²) in [7, 11) is 0. The van der Waals surface area contributed by atoms with Gasteiger partial charge in [-0.25, -0.2) is 9.98 Å². The molecule has 0 radical (unpaired) electrons. The molecule has 3 aromatic rings. The van der Waals surface area contributed by atoms with E-state index in [9.17, 15) is 13.2 Å². The monoisotopic (exact) mass is 338 g/mol. The fourth-order valence-corrected chi connectivity index (χ4v) is 3.47. The van der Waals surface area contributed by atoms with Crippen LogP contribution in [0, 0.1) is 0 Å². The van der Waals surface area contributed by atoms with Crippen molar-refractivity contribution in [3.63, 3.8) is 0 Å². The van der Waals surface area contributed by atoms with Gasteiger partial charge in [0.25, 0.3) is 0 Å². The largest absolute Gasteiger partial charge is 0.416 e. The second-order valence-corrected chi connectivity index (χ2v) is 6.20. The first kappa shape index (κ1) is 14.9. The molecular formula is C15H9F3N2S2. The van der Waals surface area contributed by atoms with Crippen LogP contribution in [0.2, 0.25) is 0 Å². The second kappa shape index (κ2) is 5.66. The highest BCUT2D eigenvalue weighted by Gasteiger charge is 2.30. The topological polar surface area (TPSA) is 25.2 Å². The number of aliphatic imine (C=N–C) groups is 1. The Morgan fingerprint density at radius 2 is 1.86 bits per heavy atom. The van der Waals surface area contributed by atoms with E-state index < -0.39 is 11.7 Å². The van der Waals surface area contributed by atoms with Crippen LogP contribution in [0.4, 0.5) is 18.3 Å². The normalized spacial score (nSPS) is 11.6. The predicted octanol–water partition coefficient (Wildman–Crippen LogP) is 5.89. The van der Waals surface area contributed by atoms with Crippen LogP contribution >= 0.6 is 22.7 Å². The third-order valence-electron chi connectivity index (χ3n) is 3.00. The van der Waals surface area contributed by atoms with Gasteiger partial charge < -0.3 is 0 Å². The maximum atomic E-state index is 12.8. The van der Waals surface area contributed by atoms with Crippen LogP contribution in [0.3, 0.4) is 0 Å². The number of alkyl halides is 3. The minimum atomic E-state index is -4.34. The summed E-state index contributed by atoms with van der Waals surface area (Å²) in [6, 6.07) is 7.15. The van der Waals surface area contributed by atoms with Crippen molar-refractivity contribution in [3.05, 3.63) is 46.7 Å². The quantitative estimate of drug-likeness (QED) is 0.547. The summed E-state index contributed by atoms with van der Waals surface area (Å²) in [6.45, 7) is 3.42. The molecule has 0 fully saturated rings. The van der Waals surface area contributed by atoms with E-state index >= 15 is 0 Å². The third-order valence-corrected chi connectivity index (χ3v) is 4.75. The van der Waals surface area contributed by atoms with Crippen molar-refractivity contribution < 1.29 is 13.2 Å². The number of rotatable bonds is 3. The zero-order chi connectivity index (χ0) is 15.7. The van der Waals surface area contributed by atoms with Gasteiger partial charge in [-0.15, -0.1) is 22.7 Å². The average Bonchev–Trinajstić information content (AvgIpc) is 3.15. The molecule has 0 spiro atoms. The van der Waals surface area contributed by atoms with Crippen molar-refractivity contribution in [1.29, 1.82) is 0 Å². The molecule has 0 saturated heterocycles. The van der Waals surface area contributed by atoms with Gasteiger partial charge in [-0.3, -0.25) is 0 Å². The summed E-state index contributed by atoms with van der Waals surface area (Å²) in [5.41, 5.74) is 1.51. The van der Waals surface area contributed by atoms with E-state index in [1.54, 1.807) is 6.07 Å². The van der Waals surface area contributed by atoms with E-state index in [-0.39, 0.29) is 0 Å². The number of thiazole rings is 1. The highest BCUT2D eigenvalue weighted by atomic mass is 32.1. The first-order valence-corrected chi connectivity index (χ1v) is 7.92. The standard InChI is InChI=1S/C15H9F3N2S2/c1-19-14-20-12(8-22-14)10-6-13(21-7-10)9-3-2-4-11(5-9)15(16,17)18/h2-8H,1H2. The molecule has 0 bridgehead atoms. The van der Waals surface area contributed by atoms with Crippen molar-refractivity contribution in [2.75, 3.05) is 0 Å². The molecule has 22 heavy (non-hydrogen) atoms. The minimum Gasteiger partial charge on any atom is -0.236 e. The molecule has 0 aliphatic carbocycles. The van der Waals surface area contributed by atoms with Crippen LogP contribution in [-0.4, -0.2) is 11.7 Å². The van der Waals surface area contributed by atoms with Crippen molar-refractivity contribution >= 4 is 34.5 Å². The Balaban J connectivity index is 1.95. The van der Waals surface area contributed by atoms with Gasteiger partial charge in [-0.1, -0.05) is 12.1 Å². The molecule has 2 nitrogen and oxygen atoms in total. The summed E-state index contributed by atoms with van der Waals surface area (Å²) in [6.07, 6.45) is -4.34. The molecule has 0 amide bonds. The lowest BCUT2D eigenvalue weighted by molar-refractivity contribution is -0.137. The molecular weight excluding hydrogens is 329 g/mol. The second-order valence-electron chi connectivity index (χ2n) is 4.45. The zero-order valence-electron chi connectivity index (χ0n) is 11.1. The van der Waals surface area contributed by atoms with Crippen molar-refractivity contribution in [2.24, 2.45) is 4.99 Å². The van der Waals surface area contributed by atoms with Crippen LogP contribution < -0.4 is 0 Å². The number of hydrogen-bond acceptors (Lipinski definition) is 4. The molecule has 2 heterocycles. The van der Waals surface area contributed by atoms with Crippen molar-refractivity contribution in [3.8, 4) is 21.7 Å². The average molecular weight is 338 g/mol. The van der Waals surface area contributed by atoms with Gasteiger partial charge in [-0.2, -0.15) is 13.2 Å². The first-order valence-electron chi connectivity index (χ1n) is 6.16. The molecule has 3 rings (SSSR count). The molecule has 2 aromatic heterocycles. The van der Waals surface area contributed by atoms with Crippen LogP contribution in [0.25, 0.3) is 21.7 Å². The Kier molecular flexibility index (Phi) is 3.84. The van der Waals surface area contributed by atoms with E-state index in [1.807, 2.05) is 16.8 Å². The maximum Gasteiger partial charge on any atom is 0.416 e. The molecule has 0 unspecified atom stereocenters. The third kappa shape index (κ3) is 2.95. The van der Waals surface area contributed by atoms with Gasteiger partial charge in [0.2, 0.25) is 5.13 Å². The number of halogens is 3. The lowest BCUT2D eigenvalue weighted by atomic mass is 10.1. The zero-order valence-corrected chi connectivity index (χ0v) is 12.7. The Bertz CT molecular complexity index is 818. The summed E-state index contributed by atoms with van der Waals surface area (Å²) in [5.74, 6) is 0. The smallest absolute Gasteiger partial charge is 0.236 e. The molecule has 0 aliphatic rings. The van der Waals surface area contributed by atoms with Gasteiger partial charge in [0.1, 0.15) is 0 Å². The van der Waals surface area contributed by atoms with Crippen LogP contribution in [0.5, 0.6) is 0 Å². The van der Waals surface area contributed by atoms with Crippen LogP contribution in [0.15, 0.2) is 46.1 Å². The van der Waals surface area contributed by atoms with E-state index in [2.05, 4.69) is 16.7 Å². The fraction of sp³-hybridized carbons (Fsp3) is 0.0667. The molecule has 112 valence electrons. The molecule has 0 aliphatic heterocycles. The number of thiophene rings is 1. The Morgan fingerprint density at radius 3 is 2.55 bits per heavy atom. The van der Waals surface area contributed by atoms with Gasteiger partial charge in [0, 0.05) is 21.2 Å². The lowest BCUT2D eigenvalue weighted by Gasteiger charge is -2.07. The molecule has 0 saturated carbocycles. The van der Waals surface area contributed by atoms with Crippen LogP contribution in [-0.2, 0) is 6.18 Å². The van der Waals surface area contributed by atoms with Gasteiger partial charge >= 0.3 is 6.18 Å². The fourth-order valence-electron chi connectivity index (χ4n) is 1.94. The summed E-state index contributed by atoms with van der Waals surface area (Å²) in [5, 5.41) is 4.29. The van der Waals surface area contributed by atoms with Gasteiger partial charge in [0.05, 0.1) is 11.3 Å². The van der Waals surface area contributed by atoms with E-state index in [1.165, 1.54) is 28.7 Å². The Hall–Kier alpha value is -1.99. The molecule has 7 heteroatoms. The number of aromatic nitrogens is 1. The SMILES string of the molecule is C=Nc1nc(-c2csc(-c3cccc(C(F)(F)F)c3)c2)cs1. The highest BCUT2D eigenvalue weighted by Crippen LogP contribution is 2.37. The number of hydrogen-bond donors (Lipinski definition) is 0. The van der Waals surface area contributed by atoms with E-state index in [0.29, 0.717) is 10.7 Å². The molecule has 0 N–H and O–H groups in total. The lowest BCUT2D eigenvalue weighted by Crippen LogP contribution is -2.04. The number of benzene rings is 1. The maximum absolute atomic E-state index is 12.8. The Labute approximate surface area is 132 Å². The predicted molar refractivity (Wildman–Crippen MR) is 85.1 cm³/mol. The van der Waals surface area contributed by atoms with Crippen LogP contribution in [0.1, 0.15) is 5.56 Å².